The molecule has 0 fully saturated rings. The highest BCUT2D eigenvalue weighted by atomic mass is 79.9. The van der Waals surface area contributed by atoms with E-state index >= 15 is 0 Å². The predicted molar refractivity (Wildman–Crippen MR) is 130 cm³/mol. The van der Waals surface area contributed by atoms with Crippen LogP contribution in [0.5, 0.6) is 0 Å². The molecule has 2 amide bonds. The van der Waals surface area contributed by atoms with Gasteiger partial charge in [-0.2, -0.15) is 0 Å². The summed E-state index contributed by atoms with van der Waals surface area (Å²) in [6, 6.07) is 15.0. The molecular weight excluding hydrogens is 484 g/mol. The number of carbonyl (C=O) groups is 2. The van der Waals surface area contributed by atoms with E-state index in [9.17, 15) is 9.59 Å². The summed E-state index contributed by atoms with van der Waals surface area (Å²) in [6.45, 7) is 4.85. The van der Waals surface area contributed by atoms with Crippen LogP contribution in [-0.4, -0.2) is 35.1 Å². The number of thioether (sulfide) groups is 1. The Morgan fingerprint density at radius 1 is 1.13 bits per heavy atom. The molecule has 0 radical (unpaired) electrons. The molecule has 0 bridgehead atoms. The summed E-state index contributed by atoms with van der Waals surface area (Å²) in [4.78, 5) is 27.6. The van der Waals surface area contributed by atoms with Crippen LogP contribution in [0.25, 0.3) is 0 Å². The molecule has 0 saturated carbocycles. The molecule has 0 aliphatic heterocycles. The molecule has 0 aromatic heterocycles. The third-order valence-corrected chi connectivity index (χ3v) is 6.53. The third kappa shape index (κ3) is 7.64. The summed E-state index contributed by atoms with van der Waals surface area (Å²) in [5, 5.41) is 3.53. The van der Waals surface area contributed by atoms with Crippen LogP contribution in [0.2, 0.25) is 5.02 Å². The van der Waals surface area contributed by atoms with Gasteiger partial charge in [0.25, 0.3) is 0 Å². The van der Waals surface area contributed by atoms with Crippen molar-refractivity contribution in [3.05, 3.63) is 69.2 Å². The standard InChI is InChI=1S/C23H28BrClN2O2S/c1-3-13-26-23(29)21(4-2)27(14-18-7-5-6-8-20(18)25)22(28)16-30-15-17-9-11-19(24)12-10-17/h5-12,21H,3-4,13-16H2,1-2H3,(H,26,29). The fraction of sp³-hybridized carbons (Fsp3) is 0.391. The lowest BCUT2D eigenvalue weighted by Gasteiger charge is -2.31. The first kappa shape index (κ1) is 24.8. The number of hydrogen-bond donors (Lipinski definition) is 1. The molecule has 2 aromatic rings. The van der Waals surface area contributed by atoms with Gasteiger partial charge in [-0.15, -0.1) is 11.8 Å². The monoisotopic (exact) mass is 510 g/mol. The quantitative estimate of drug-likeness (QED) is 0.423. The second-order valence-electron chi connectivity index (χ2n) is 6.95. The molecule has 1 N–H and O–H groups in total. The van der Waals surface area contributed by atoms with E-state index < -0.39 is 6.04 Å². The van der Waals surface area contributed by atoms with Crippen LogP contribution in [0.3, 0.4) is 0 Å². The lowest BCUT2D eigenvalue weighted by atomic mass is 10.1. The first-order chi connectivity index (χ1) is 14.5. The Kier molecular flexibility index (Phi) is 10.8. The van der Waals surface area contributed by atoms with Crippen molar-refractivity contribution in [2.75, 3.05) is 12.3 Å². The maximum atomic E-state index is 13.2. The number of nitrogens with zero attached hydrogens (tertiary/aromatic N) is 1. The Hall–Kier alpha value is -1.50. The van der Waals surface area contributed by atoms with E-state index in [0.29, 0.717) is 30.3 Å². The molecule has 1 unspecified atom stereocenters. The lowest BCUT2D eigenvalue weighted by Crippen LogP contribution is -2.49. The molecule has 0 saturated heterocycles. The maximum absolute atomic E-state index is 13.2. The molecule has 0 aliphatic carbocycles. The van der Waals surface area contributed by atoms with E-state index in [0.717, 1.165) is 27.8 Å². The van der Waals surface area contributed by atoms with Gasteiger partial charge in [-0.3, -0.25) is 9.59 Å². The first-order valence-electron chi connectivity index (χ1n) is 10.1. The molecule has 0 spiro atoms. The highest BCUT2D eigenvalue weighted by molar-refractivity contribution is 9.10. The zero-order valence-electron chi connectivity index (χ0n) is 17.4. The van der Waals surface area contributed by atoms with Crippen molar-refractivity contribution in [2.45, 2.75) is 45.0 Å². The van der Waals surface area contributed by atoms with Gasteiger partial charge in [0.15, 0.2) is 0 Å². The fourth-order valence-electron chi connectivity index (χ4n) is 3.02. The topological polar surface area (TPSA) is 49.4 Å². The van der Waals surface area contributed by atoms with Crippen LogP contribution in [0.4, 0.5) is 0 Å². The highest BCUT2D eigenvalue weighted by Gasteiger charge is 2.28. The van der Waals surface area contributed by atoms with E-state index in [2.05, 4.69) is 21.2 Å². The third-order valence-electron chi connectivity index (χ3n) is 4.64. The van der Waals surface area contributed by atoms with Crippen molar-refractivity contribution in [2.24, 2.45) is 0 Å². The van der Waals surface area contributed by atoms with Gasteiger partial charge >= 0.3 is 0 Å². The normalized spacial score (nSPS) is 11.7. The molecule has 7 heteroatoms. The molecule has 0 heterocycles. The number of rotatable bonds is 11. The van der Waals surface area contributed by atoms with Crippen LogP contribution < -0.4 is 5.32 Å². The molecule has 0 aliphatic rings. The number of halogens is 2. The number of carbonyl (C=O) groups excluding carboxylic acids is 2. The maximum Gasteiger partial charge on any atom is 0.242 e. The van der Waals surface area contributed by atoms with Gasteiger partial charge in [-0.05, 0) is 42.2 Å². The van der Waals surface area contributed by atoms with E-state index in [4.69, 9.17) is 11.6 Å². The SMILES string of the molecule is CCCNC(=O)C(CC)N(Cc1ccccc1Cl)C(=O)CSCc1ccc(Br)cc1. The number of amides is 2. The lowest BCUT2D eigenvalue weighted by molar-refractivity contribution is -0.139. The van der Waals surface area contributed by atoms with Gasteiger partial charge in [0, 0.05) is 28.3 Å². The first-order valence-corrected chi connectivity index (χ1v) is 12.4. The average Bonchev–Trinajstić information content (AvgIpc) is 2.74. The second-order valence-corrected chi connectivity index (χ2v) is 9.26. The van der Waals surface area contributed by atoms with Gasteiger partial charge in [0.2, 0.25) is 11.8 Å². The van der Waals surface area contributed by atoms with E-state index in [1.54, 1.807) is 22.7 Å². The number of benzene rings is 2. The summed E-state index contributed by atoms with van der Waals surface area (Å²) in [6.07, 6.45) is 1.40. The van der Waals surface area contributed by atoms with Crippen molar-refractivity contribution in [1.82, 2.24) is 10.2 Å². The van der Waals surface area contributed by atoms with Crippen LogP contribution in [-0.2, 0) is 21.9 Å². The molecule has 30 heavy (non-hydrogen) atoms. The Bertz CT molecular complexity index is 832. The van der Waals surface area contributed by atoms with E-state index in [-0.39, 0.29) is 11.8 Å². The number of hydrogen-bond acceptors (Lipinski definition) is 3. The molecule has 1 atom stereocenters. The van der Waals surface area contributed by atoms with Crippen LogP contribution in [0.1, 0.15) is 37.8 Å². The Labute approximate surface area is 196 Å². The van der Waals surface area contributed by atoms with Gasteiger partial charge in [0.1, 0.15) is 6.04 Å². The van der Waals surface area contributed by atoms with E-state index in [1.165, 1.54) is 0 Å². The molecule has 4 nitrogen and oxygen atoms in total. The van der Waals surface area contributed by atoms with Crippen molar-refractivity contribution >= 4 is 51.1 Å². The minimum Gasteiger partial charge on any atom is -0.354 e. The Morgan fingerprint density at radius 3 is 2.47 bits per heavy atom. The van der Waals surface area contributed by atoms with Gasteiger partial charge in [0.05, 0.1) is 5.75 Å². The van der Waals surface area contributed by atoms with Crippen molar-refractivity contribution in [3.8, 4) is 0 Å². The predicted octanol–water partition coefficient (Wildman–Crippen LogP) is 5.67. The Morgan fingerprint density at radius 2 is 1.83 bits per heavy atom. The van der Waals surface area contributed by atoms with Gasteiger partial charge < -0.3 is 10.2 Å². The fourth-order valence-corrected chi connectivity index (χ4v) is 4.35. The summed E-state index contributed by atoms with van der Waals surface area (Å²) in [5.41, 5.74) is 1.99. The summed E-state index contributed by atoms with van der Waals surface area (Å²) in [7, 11) is 0. The largest absolute Gasteiger partial charge is 0.354 e. The van der Waals surface area contributed by atoms with Crippen molar-refractivity contribution in [3.63, 3.8) is 0 Å². The van der Waals surface area contributed by atoms with E-state index in [1.807, 2.05) is 56.3 Å². The van der Waals surface area contributed by atoms with Gasteiger partial charge in [-0.25, -0.2) is 0 Å². The van der Waals surface area contributed by atoms with Crippen molar-refractivity contribution < 1.29 is 9.59 Å². The van der Waals surface area contributed by atoms with Gasteiger partial charge in [-0.1, -0.05) is 71.7 Å². The molecule has 2 aromatic carbocycles. The zero-order valence-corrected chi connectivity index (χ0v) is 20.5. The summed E-state index contributed by atoms with van der Waals surface area (Å²) >= 11 is 11.3. The second kappa shape index (κ2) is 13.0. The minimum absolute atomic E-state index is 0.0597. The zero-order chi connectivity index (χ0) is 21.9. The van der Waals surface area contributed by atoms with Crippen LogP contribution in [0, 0.1) is 0 Å². The molecular formula is C23H28BrClN2O2S. The summed E-state index contributed by atoms with van der Waals surface area (Å²) < 4.78 is 1.03. The highest BCUT2D eigenvalue weighted by Crippen LogP contribution is 2.22. The molecule has 2 rings (SSSR count). The summed E-state index contributed by atoms with van der Waals surface area (Å²) in [5.74, 6) is 0.865. The minimum atomic E-state index is -0.520. The van der Waals surface area contributed by atoms with Crippen molar-refractivity contribution in [1.29, 1.82) is 0 Å². The smallest absolute Gasteiger partial charge is 0.242 e. The van der Waals surface area contributed by atoms with Crippen LogP contribution in [0.15, 0.2) is 53.0 Å². The van der Waals surface area contributed by atoms with Crippen LogP contribution >= 0.6 is 39.3 Å². The Balaban J connectivity index is 2.11. The number of nitrogens with one attached hydrogen (secondary N) is 1. The average molecular weight is 512 g/mol. The molecule has 162 valence electrons.